The average Bonchev–Trinajstić information content (AvgIpc) is 1.94. The zero-order valence-electron chi connectivity index (χ0n) is 7.66. The van der Waals surface area contributed by atoms with Crippen LogP contribution in [0, 0.1) is 13.8 Å². The van der Waals surface area contributed by atoms with Gasteiger partial charge in [-0.3, -0.25) is 0 Å². The Morgan fingerprint density at radius 3 is 1.80 bits per heavy atom. The van der Waals surface area contributed by atoms with Gasteiger partial charge in [-0.05, 0) is 0 Å². The zero-order chi connectivity index (χ0) is 7.54. The summed E-state index contributed by atoms with van der Waals surface area (Å²) in [6.45, 7) is 11.0. The van der Waals surface area contributed by atoms with Crippen LogP contribution in [0.15, 0.2) is 0 Å². The van der Waals surface area contributed by atoms with Gasteiger partial charge in [0.05, 0.1) is 0 Å². The maximum Gasteiger partial charge on any atom is 2.00 e. The first-order valence-corrected chi connectivity index (χ1v) is 3.91. The predicted molar refractivity (Wildman–Crippen MR) is 50.9 cm³/mol. The van der Waals surface area contributed by atoms with Crippen LogP contribution in [-0.2, 0) is 0 Å². The molecule has 0 aliphatic rings. The molecule has 0 aromatic heterocycles. The molecule has 0 saturated heterocycles. The first-order valence-electron chi connectivity index (χ1n) is 3.91. The molecule has 10 heavy (non-hydrogen) atoms. The Morgan fingerprint density at radius 2 is 1.50 bits per heavy atom. The fraction of sp³-hybridized carbons (Fsp3) is 0.778. The minimum absolute atomic E-state index is 0. The molecule has 0 N–H and O–H groups in total. The van der Waals surface area contributed by atoms with Crippen molar-refractivity contribution >= 4 is 23.1 Å². The molecule has 0 rings (SSSR count). The molecular formula is C9H20Mg. The van der Waals surface area contributed by atoms with Crippen LogP contribution in [0.5, 0.6) is 0 Å². The minimum Gasteiger partial charge on any atom is -0.346 e. The molecule has 0 aliphatic heterocycles. The summed E-state index contributed by atoms with van der Waals surface area (Å²) >= 11 is 0. The van der Waals surface area contributed by atoms with E-state index in [0.717, 1.165) is 6.42 Å². The largest absolute Gasteiger partial charge is 2.00 e. The van der Waals surface area contributed by atoms with E-state index in [-0.39, 0.29) is 23.1 Å². The van der Waals surface area contributed by atoms with E-state index in [9.17, 15) is 0 Å². The van der Waals surface area contributed by atoms with Crippen LogP contribution in [0.1, 0.15) is 46.0 Å². The van der Waals surface area contributed by atoms with Crippen molar-refractivity contribution in [2.24, 2.45) is 0 Å². The summed E-state index contributed by atoms with van der Waals surface area (Å²) in [5.74, 6) is 0. The average molecular weight is 153 g/mol. The third kappa shape index (κ3) is 23.3. The van der Waals surface area contributed by atoms with Crippen LogP contribution in [0.3, 0.4) is 0 Å². The normalized spacial score (nSPS) is 7.20. The van der Waals surface area contributed by atoms with Crippen LogP contribution in [0.2, 0.25) is 0 Å². The van der Waals surface area contributed by atoms with Gasteiger partial charge in [0, 0.05) is 0 Å². The number of hydrogen-bond donors (Lipinski definition) is 0. The molecule has 58 valence electrons. The van der Waals surface area contributed by atoms with Crippen molar-refractivity contribution < 1.29 is 0 Å². The molecule has 0 radical (unpaired) electrons. The molecule has 0 unspecified atom stereocenters. The Morgan fingerprint density at radius 1 is 1.00 bits per heavy atom. The molecule has 0 aliphatic carbocycles. The molecule has 0 aromatic rings. The monoisotopic (exact) mass is 152 g/mol. The Hall–Kier alpha value is 0.766. The fourth-order valence-corrected chi connectivity index (χ4v) is 0.604. The van der Waals surface area contributed by atoms with Crippen molar-refractivity contribution in [1.29, 1.82) is 0 Å². The van der Waals surface area contributed by atoms with E-state index in [0.29, 0.717) is 0 Å². The second-order valence-corrected chi connectivity index (χ2v) is 1.91. The third-order valence-electron chi connectivity index (χ3n) is 1.10. The van der Waals surface area contributed by atoms with Gasteiger partial charge in [0.15, 0.2) is 0 Å². The van der Waals surface area contributed by atoms with Gasteiger partial charge in [0.25, 0.3) is 0 Å². The van der Waals surface area contributed by atoms with Gasteiger partial charge >= 0.3 is 23.1 Å². The standard InChI is InChI=1S/C7H15.C2H5.Mg/c1-3-5-7-6-4-2;1-2;/h1,3-7H2,2H3;1H2,2H3;/q2*-1;+2. The third-order valence-corrected chi connectivity index (χ3v) is 1.10. The van der Waals surface area contributed by atoms with Gasteiger partial charge < -0.3 is 13.8 Å². The summed E-state index contributed by atoms with van der Waals surface area (Å²) in [5, 5.41) is 0. The smallest absolute Gasteiger partial charge is 0.346 e. The first-order chi connectivity index (χ1) is 4.41. The second-order valence-electron chi connectivity index (χ2n) is 1.91. The van der Waals surface area contributed by atoms with Crippen molar-refractivity contribution in [1.82, 2.24) is 0 Å². The van der Waals surface area contributed by atoms with Crippen molar-refractivity contribution in [3.05, 3.63) is 13.8 Å². The maximum absolute atomic E-state index is 3.76. The summed E-state index contributed by atoms with van der Waals surface area (Å²) in [6, 6.07) is 0. The Kier molecular flexibility index (Phi) is 38.4. The van der Waals surface area contributed by atoms with Gasteiger partial charge in [0.2, 0.25) is 0 Å². The summed E-state index contributed by atoms with van der Waals surface area (Å²) in [6.07, 6.45) is 6.52. The van der Waals surface area contributed by atoms with E-state index in [4.69, 9.17) is 0 Å². The first kappa shape index (κ1) is 17.0. The van der Waals surface area contributed by atoms with E-state index in [1.54, 1.807) is 6.92 Å². The Bertz CT molecular complexity index is 23.9. The molecule has 1 heteroatoms. The van der Waals surface area contributed by atoms with E-state index in [1.165, 1.54) is 25.7 Å². The summed E-state index contributed by atoms with van der Waals surface area (Å²) < 4.78 is 0. The number of rotatable bonds is 4. The maximum atomic E-state index is 3.76. The van der Waals surface area contributed by atoms with Gasteiger partial charge in [-0.2, -0.15) is 13.3 Å². The second kappa shape index (κ2) is 22.6. The summed E-state index contributed by atoms with van der Waals surface area (Å²) in [5.41, 5.74) is 0. The van der Waals surface area contributed by atoms with E-state index in [1.807, 2.05) is 0 Å². The van der Waals surface area contributed by atoms with Crippen LogP contribution in [-0.4, -0.2) is 23.1 Å². The molecule has 0 nitrogen and oxygen atoms in total. The quantitative estimate of drug-likeness (QED) is 0.330. The number of hydrogen-bond acceptors (Lipinski definition) is 0. The van der Waals surface area contributed by atoms with Crippen molar-refractivity contribution in [2.75, 3.05) is 0 Å². The van der Waals surface area contributed by atoms with Crippen molar-refractivity contribution in [3.63, 3.8) is 0 Å². The molecular weight excluding hydrogens is 132 g/mol. The molecule has 0 aromatic carbocycles. The molecule has 0 heterocycles. The van der Waals surface area contributed by atoms with Gasteiger partial charge in [-0.15, -0.1) is 0 Å². The zero-order valence-corrected chi connectivity index (χ0v) is 9.07. The summed E-state index contributed by atoms with van der Waals surface area (Å²) in [4.78, 5) is 0. The predicted octanol–water partition coefficient (Wildman–Crippen LogP) is 3.25. The fourth-order valence-electron chi connectivity index (χ4n) is 0.604. The van der Waals surface area contributed by atoms with Crippen LogP contribution >= 0.6 is 0 Å². The van der Waals surface area contributed by atoms with Crippen LogP contribution in [0.4, 0.5) is 0 Å². The van der Waals surface area contributed by atoms with Gasteiger partial charge in [-0.25, -0.2) is 0 Å². The molecule has 0 amide bonds. The minimum atomic E-state index is 0. The van der Waals surface area contributed by atoms with Crippen LogP contribution < -0.4 is 0 Å². The molecule has 0 saturated carbocycles. The summed E-state index contributed by atoms with van der Waals surface area (Å²) in [7, 11) is 0. The van der Waals surface area contributed by atoms with Gasteiger partial charge in [-0.1, -0.05) is 32.6 Å². The molecule has 0 bridgehead atoms. The van der Waals surface area contributed by atoms with E-state index >= 15 is 0 Å². The Labute approximate surface area is 82.9 Å². The van der Waals surface area contributed by atoms with Crippen LogP contribution in [0.25, 0.3) is 0 Å². The van der Waals surface area contributed by atoms with E-state index in [2.05, 4.69) is 20.8 Å². The number of unbranched alkanes of at least 4 members (excludes halogenated alkanes) is 4. The SMILES string of the molecule is [CH2-]C.[CH2-]CCCCCC.[Mg+2]. The molecule has 0 atom stereocenters. The molecule has 0 fully saturated rings. The van der Waals surface area contributed by atoms with E-state index < -0.39 is 0 Å². The van der Waals surface area contributed by atoms with Crippen molar-refractivity contribution in [2.45, 2.75) is 46.0 Å². The Balaban J connectivity index is -0.000000149. The van der Waals surface area contributed by atoms with Gasteiger partial charge in [0.1, 0.15) is 0 Å². The van der Waals surface area contributed by atoms with Crippen molar-refractivity contribution in [3.8, 4) is 0 Å². The molecule has 0 spiro atoms. The topological polar surface area (TPSA) is 0 Å².